The first-order valence-corrected chi connectivity index (χ1v) is 14.2. The van der Waals surface area contributed by atoms with Crippen LogP contribution in [-0.4, -0.2) is 66.8 Å². The maximum atomic E-state index is 12.2. The smallest absolute Gasteiger partial charge is 0.247 e. The number of rotatable bonds is 7. The number of aromatic nitrogens is 2. The number of nitrogens with zero attached hydrogens (tertiary/aromatic N) is 5. The number of hydrogen-bond donors (Lipinski definition) is 3. The number of anilines is 2. The number of pyridine rings is 1. The maximum absolute atomic E-state index is 12.2. The van der Waals surface area contributed by atoms with E-state index in [-0.39, 0.29) is 11.6 Å². The molecule has 0 saturated carbocycles. The summed E-state index contributed by atoms with van der Waals surface area (Å²) in [6.45, 7) is 11.6. The average molecular weight is 573 g/mol. The van der Waals surface area contributed by atoms with Crippen LogP contribution in [0.4, 0.5) is 11.4 Å². The minimum atomic E-state index is -0.278. The maximum Gasteiger partial charge on any atom is 0.247 e. The van der Waals surface area contributed by atoms with Gasteiger partial charge in [-0.25, -0.2) is 4.98 Å². The van der Waals surface area contributed by atoms with Crippen LogP contribution in [0.5, 0.6) is 0 Å². The lowest BCUT2D eigenvalue weighted by Gasteiger charge is -2.34. The third-order valence-electron chi connectivity index (χ3n) is 8.12. The molecule has 0 spiro atoms. The second-order valence-corrected chi connectivity index (χ2v) is 10.7. The van der Waals surface area contributed by atoms with Crippen molar-refractivity contribution >= 4 is 39.6 Å². The standard InChI is InChI=1S/C34H36N8O/c1-6-30(43)39-28-17-24(8-7-21(28)2)32-31-22(3)27(26(18-35)29(19-36)37-4)20-38-34(31)40-33(32)23-9-11-25(12-10-23)42-15-13-41(5)14-16-42/h6-12,17-18,20H,1,13-16,35H2,2-5H3,(H,38,40)(H,39,43)/b26-18-,37-29?. The number of allylic oxidation sites excluding steroid dienone is 1. The number of nitrogens with one attached hydrogen (secondary N) is 2. The third kappa shape index (κ3) is 5.65. The van der Waals surface area contributed by atoms with Crippen molar-refractivity contribution in [3.63, 3.8) is 0 Å². The number of aromatic amines is 1. The molecule has 1 amide bonds. The van der Waals surface area contributed by atoms with E-state index < -0.39 is 0 Å². The summed E-state index contributed by atoms with van der Waals surface area (Å²) in [4.78, 5) is 29.5. The largest absolute Gasteiger partial charge is 0.404 e. The van der Waals surface area contributed by atoms with Gasteiger partial charge in [-0.05, 0) is 67.4 Å². The first-order valence-electron chi connectivity index (χ1n) is 14.2. The van der Waals surface area contributed by atoms with Crippen LogP contribution in [0.1, 0.15) is 16.7 Å². The Labute approximate surface area is 252 Å². The fourth-order valence-corrected chi connectivity index (χ4v) is 5.61. The van der Waals surface area contributed by atoms with Crippen LogP contribution in [0, 0.1) is 25.2 Å². The summed E-state index contributed by atoms with van der Waals surface area (Å²) in [5.41, 5.74) is 15.7. The molecule has 218 valence electrons. The Balaban J connectivity index is 1.72. The Morgan fingerprint density at radius 3 is 2.47 bits per heavy atom. The van der Waals surface area contributed by atoms with Crippen LogP contribution >= 0.6 is 0 Å². The second-order valence-electron chi connectivity index (χ2n) is 10.7. The number of hydrogen-bond acceptors (Lipinski definition) is 7. The predicted octanol–water partition coefficient (Wildman–Crippen LogP) is 5.28. The van der Waals surface area contributed by atoms with E-state index in [9.17, 15) is 10.1 Å². The van der Waals surface area contributed by atoms with Gasteiger partial charge < -0.3 is 25.8 Å². The van der Waals surface area contributed by atoms with E-state index in [2.05, 4.69) is 69.1 Å². The summed E-state index contributed by atoms with van der Waals surface area (Å²) in [5.74, 6) is -0.278. The van der Waals surface area contributed by atoms with Crippen molar-refractivity contribution < 1.29 is 4.79 Å². The van der Waals surface area contributed by atoms with E-state index in [1.54, 1.807) is 13.2 Å². The van der Waals surface area contributed by atoms with Crippen LogP contribution in [0.3, 0.4) is 0 Å². The van der Waals surface area contributed by atoms with Crippen LogP contribution < -0.4 is 16.0 Å². The number of nitrogens with two attached hydrogens (primary N) is 1. The number of H-pyrrole nitrogens is 1. The second kappa shape index (κ2) is 12.3. The number of amides is 1. The van der Waals surface area contributed by atoms with E-state index in [1.165, 1.54) is 18.0 Å². The molecule has 9 heteroatoms. The van der Waals surface area contributed by atoms with E-state index in [0.717, 1.165) is 70.6 Å². The number of benzene rings is 2. The third-order valence-corrected chi connectivity index (χ3v) is 8.12. The zero-order valence-electron chi connectivity index (χ0n) is 25.0. The predicted molar refractivity (Wildman–Crippen MR) is 176 cm³/mol. The number of nitriles is 1. The molecular weight excluding hydrogens is 536 g/mol. The SMILES string of the molecule is C=CC(=O)Nc1cc(-c2c(-c3ccc(N4CCN(C)CC4)cc3)[nH]c3ncc(/C(=C/N)C(C#N)=NC)c(C)c23)ccc1C. The molecule has 1 saturated heterocycles. The fraction of sp³-hybridized carbons (Fsp3) is 0.235. The number of fused-ring (bicyclic) bond motifs is 1. The number of carbonyl (C=O) groups is 1. The molecule has 1 aliphatic rings. The minimum absolute atomic E-state index is 0.230. The Morgan fingerprint density at radius 1 is 1.14 bits per heavy atom. The summed E-state index contributed by atoms with van der Waals surface area (Å²) in [6, 6.07) is 16.7. The average Bonchev–Trinajstić information content (AvgIpc) is 3.42. The van der Waals surface area contributed by atoms with Gasteiger partial charge in [0.1, 0.15) is 17.4 Å². The number of aliphatic imine (C=N–C) groups is 1. The molecule has 0 atom stereocenters. The van der Waals surface area contributed by atoms with Gasteiger partial charge in [-0.3, -0.25) is 9.79 Å². The topological polar surface area (TPSA) is 126 Å². The molecule has 1 fully saturated rings. The monoisotopic (exact) mass is 572 g/mol. The summed E-state index contributed by atoms with van der Waals surface area (Å²) < 4.78 is 0. The molecule has 0 aliphatic carbocycles. The summed E-state index contributed by atoms with van der Waals surface area (Å²) in [7, 11) is 3.72. The highest BCUT2D eigenvalue weighted by Gasteiger charge is 2.23. The molecule has 5 rings (SSSR count). The number of aryl methyl sites for hydroxylation is 2. The normalized spacial score (nSPS) is 14.5. The molecule has 3 heterocycles. The van der Waals surface area contributed by atoms with Gasteiger partial charge in [-0.2, -0.15) is 5.26 Å². The highest BCUT2D eigenvalue weighted by atomic mass is 16.1. The molecule has 2 aromatic carbocycles. The lowest BCUT2D eigenvalue weighted by molar-refractivity contribution is -0.111. The Kier molecular flexibility index (Phi) is 8.41. The van der Waals surface area contributed by atoms with Crippen molar-refractivity contribution in [3.05, 3.63) is 84.2 Å². The van der Waals surface area contributed by atoms with Crippen LogP contribution in [0.2, 0.25) is 0 Å². The van der Waals surface area contributed by atoms with E-state index in [1.807, 2.05) is 32.0 Å². The molecule has 2 aromatic heterocycles. The van der Waals surface area contributed by atoms with Crippen LogP contribution in [0.15, 0.2) is 72.5 Å². The quantitative estimate of drug-likeness (QED) is 0.204. The molecule has 0 bridgehead atoms. The van der Waals surface area contributed by atoms with Gasteiger partial charge in [-0.1, -0.05) is 30.8 Å². The highest BCUT2D eigenvalue weighted by Crippen LogP contribution is 2.42. The number of piperazine rings is 1. The highest BCUT2D eigenvalue weighted by molar-refractivity contribution is 6.32. The molecule has 4 aromatic rings. The van der Waals surface area contributed by atoms with Gasteiger partial charge in [0, 0.05) is 79.1 Å². The van der Waals surface area contributed by atoms with Crippen molar-refractivity contribution in [3.8, 4) is 28.5 Å². The number of likely N-dealkylation sites (N-methyl/N-ethyl adjacent to an activating group) is 1. The Morgan fingerprint density at radius 2 is 1.84 bits per heavy atom. The molecule has 4 N–H and O–H groups in total. The molecule has 0 radical (unpaired) electrons. The van der Waals surface area contributed by atoms with Gasteiger partial charge in [0.15, 0.2) is 0 Å². The molecule has 9 nitrogen and oxygen atoms in total. The van der Waals surface area contributed by atoms with Gasteiger partial charge in [0.25, 0.3) is 0 Å². The first kappa shape index (κ1) is 29.3. The van der Waals surface area contributed by atoms with E-state index in [4.69, 9.17) is 10.7 Å². The van der Waals surface area contributed by atoms with Gasteiger partial charge in [0.05, 0.1) is 5.69 Å². The minimum Gasteiger partial charge on any atom is -0.404 e. The zero-order chi connectivity index (χ0) is 30.7. The lowest BCUT2D eigenvalue weighted by Crippen LogP contribution is -2.44. The Hall–Kier alpha value is -5.20. The van der Waals surface area contributed by atoms with Crippen molar-refractivity contribution in [1.82, 2.24) is 14.9 Å². The fourth-order valence-electron chi connectivity index (χ4n) is 5.61. The Bertz CT molecular complexity index is 1800. The summed E-state index contributed by atoms with van der Waals surface area (Å²) in [5, 5.41) is 13.5. The first-order chi connectivity index (χ1) is 20.8. The van der Waals surface area contributed by atoms with E-state index >= 15 is 0 Å². The molecule has 0 unspecified atom stereocenters. The summed E-state index contributed by atoms with van der Waals surface area (Å²) >= 11 is 0. The van der Waals surface area contributed by atoms with Crippen molar-refractivity contribution in [1.29, 1.82) is 5.26 Å². The lowest BCUT2D eigenvalue weighted by atomic mass is 9.92. The van der Waals surface area contributed by atoms with Crippen LogP contribution in [-0.2, 0) is 4.79 Å². The van der Waals surface area contributed by atoms with Gasteiger partial charge in [0.2, 0.25) is 5.91 Å². The number of carbonyl (C=O) groups excluding carboxylic acids is 1. The summed E-state index contributed by atoms with van der Waals surface area (Å²) in [6.07, 6.45) is 4.39. The van der Waals surface area contributed by atoms with Gasteiger partial charge in [-0.15, -0.1) is 0 Å². The zero-order valence-corrected chi connectivity index (χ0v) is 25.0. The van der Waals surface area contributed by atoms with Gasteiger partial charge >= 0.3 is 0 Å². The molecular formula is C34H36N8O. The van der Waals surface area contributed by atoms with Crippen molar-refractivity contribution in [2.75, 3.05) is 50.5 Å². The molecule has 1 aliphatic heterocycles. The van der Waals surface area contributed by atoms with Crippen LogP contribution in [0.25, 0.3) is 39.0 Å². The van der Waals surface area contributed by atoms with Crippen molar-refractivity contribution in [2.45, 2.75) is 13.8 Å². The molecule has 43 heavy (non-hydrogen) atoms. The van der Waals surface area contributed by atoms with E-state index in [0.29, 0.717) is 16.9 Å². The van der Waals surface area contributed by atoms with Crippen molar-refractivity contribution in [2.24, 2.45) is 10.7 Å².